The van der Waals surface area contributed by atoms with Gasteiger partial charge in [0.1, 0.15) is 5.75 Å². The zero-order chi connectivity index (χ0) is 19.6. The topological polar surface area (TPSA) is 66.8 Å². The number of rotatable bonds is 5. The molecule has 5 nitrogen and oxygen atoms in total. The molecule has 9 heteroatoms. The summed E-state index contributed by atoms with van der Waals surface area (Å²) in [6.07, 6.45) is 1.79. The lowest BCUT2D eigenvalue weighted by Crippen LogP contribution is -2.27. The Bertz CT molecular complexity index is 940. The van der Waals surface area contributed by atoms with E-state index >= 15 is 0 Å². The van der Waals surface area contributed by atoms with Crippen LogP contribution < -0.4 is 9.64 Å². The largest absolute Gasteiger partial charge is 0.480 e. The third kappa shape index (κ3) is 4.81. The number of aliphatic carboxylic acids is 1. The molecule has 1 aliphatic heterocycles. The van der Waals surface area contributed by atoms with E-state index in [9.17, 15) is 9.59 Å². The minimum absolute atomic E-state index is 0.160. The van der Waals surface area contributed by atoms with Crippen molar-refractivity contribution in [3.05, 3.63) is 60.1 Å². The lowest BCUT2D eigenvalue weighted by Gasteiger charge is -2.13. The molecule has 2 aromatic carbocycles. The summed E-state index contributed by atoms with van der Waals surface area (Å²) in [5, 5.41) is 8.78. The summed E-state index contributed by atoms with van der Waals surface area (Å²) in [5.41, 5.74) is 1.56. The van der Waals surface area contributed by atoms with Gasteiger partial charge < -0.3 is 9.84 Å². The van der Waals surface area contributed by atoms with E-state index < -0.39 is 12.6 Å². The fraction of sp³-hybridized carbons (Fsp3) is 0.0556. The number of carbonyl (C=O) groups excluding carboxylic acids is 1. The fourth-order valence-corrected chi connectivity index (χ4v) is 5.78. The minimum Gasteiger partial charge on any atom is -0.480 e. The van der Waals surface area contributed by atoms with Crippen LogP contribution in [0.1, 0.15) is 5.56 Å². The number of nitrogens with zero attached hydrogens (tertiary/aromatic N) is 1. The Morgan fingerprint density at radius 3 is 2.44 bits per heavy atom. The summed E-state index contributed by atoms with van der Waals surface area (Å²) >= 11 is 10.8. The molecule has 27 heavy (non-hydrogen) atoms. The van der Waals surface area contributed by atoms with Crippen LogP contribution in [0.4, 0.5) is 5.69 Å². The van der Waals surface area contributed by atoms with Gasteiger partial charge in [0, 0.05) is 0 Å². The maximum atomic E-state index is 12.8. The molecule has 1 N–H and O–H groups in total. The van der Waals surface area contributed by atoms with Crippen LogP contribution in [-0.4, -0.2) is 27.9 Å². The van der Waals surface area contributed by atoms with Gasteiger partial charge in [0.15, 0.2) is 10.9 Å². The molecular formula is C18H11I2NO4S2. The molecule has 0 unspecified atom stereocenters. The summed E-state index contributed by atoms with van der Waals surface area (Å²) in [6.45, 7) is -0.402. The number of carboxylic acid groups (broad SMARTS) is 1. The highest BCUT2D eigenvalue weighted by Gasteiger charge is 2.33. The normalized spacial score (nSPS) is 15.5. The van der Waals surface area contributed by atoms with Crippen molar-refractivity contribution in [1.29, 1.82) is 0 Å². The molecule has 0 aliphatic carbocycles. The van der Waals surface area contributed by atoms with E-state index in [2.05, 4.69) is 45.2 Å². The van der Waals surface area contributed by atoms with Gasteiger partial charge in [-0.3, -0.25) is 9.69 Å². The van der Waals surface area contributed by atoms with Crippen molar-refractivity contribution in [3.63, 3.8) is 0 Å². The summed E-state index contributed by atoms with van der Waals surface area (Å²) in [7, 11) is 0. The SMILES string of the molecule is O=C(O)COc1c(I)cc(/C=C2/SC(=S)N(c3ccccc3)C2=O)cc1I. The highest BCUT2D eigenvalue weighted by molar-refractivity contribution is 14.1. The molecule has 1 heterocycles. The Morgan fingerprint density at radius 1 is 1.22 bits per heavy atom. The molecule has 1 aliphatic rings. The second-order valence-electron chi connectivity index (χ2n) is 5.35. The van der Waals surface area contributed by atoms with Gasteiger partial charge in [0.05, 0.1) is 17.7 Å². The molecule has 0 bridgehead atoms. The third-order valence-electron chi connectivity index (χ3n) is 3.47. The monoisotopic (exact) mass is 623 g/mol. The van der Waals surface area contributed by atoms with Crippen LogP contribution in [0.3, 0.4) is 0 Å². The van der Waals surface area contributed by atoms with Crippen LogP contribution in [0.15, 0.2) is 47.4 Å². The number of hydrogen-bond donors (Lipinski definition) is 1. The number of benzene rings is 2. The lowest BCUT2D eigenvalue weighted by atomic mass is 10.2. The van der Waals surface area contributed by atoms with Crippen molar-refractivity contribution in [2.24, 2.45) is 0 Å². The highest BCUT2D eigenvalue weighted by Crippen LogP contribution is 2.37. The molecule has 3 rings (SSSR count). The van der Waals surface area contributed by atoms with Crippen molar-refractivity contribution in [3.8, 4) is 5.75 Å². The molecule has 1 saturated heterocycles. The molecule has 0 radical (unpaired) electrons. The van der Waals surface area contributed by atoms with Gasteiger partial charge in [0.25, 0.3) is 5.91 Å². The number of carboxylic acids is 1. The number of para-hydroxylation sites is 1. The van der Waals surface area contributed by atoms with Gasteiger partial charge >= 0.3 is 5.97 Å². The molecule has 2 aromatic rings. The predicted molar refractivity (Wildman–Crippen MR) is 127 cm³/mol. The summed E-state index contributed by atoms with van der Waals surface area (Å²) in [4.78, 5) is 25.6. The average Bonchev–Trinajstić information content (AvgIpc) is 2.88. The lowest BCUT2D eigenvalue weighted by molar-refractivity contribution is -0.139. The average molecular weight is 623 g/mol. The number of thiocarbonyl (C=S) groups is 1. The number of anilines is 1. The van der Waals surface area contributed by atoms with E-state index in [-0.39, 0.29) is 5.91 Å². The first-order valence-electron chi connectivity index (χ1n) is 7.53. The minimum atomic E-state index is -1.03. The Kier molecular flexibility index (Phi) is 6.76. The molecule has 0 saturated carbocycles. The molecule has 0 spiro atoms. The molecule has 138 valence electrons. The van der Waals surface area contributed by atoms with Crippen LogP contribution >= 0.6 is 69.2 Å². The molecule has 1 amide bonds. The molecule has 0 atom stereocenters. The Labute approximate surface area is 192 Å². The maximum absolute atomic E-state index is 12.8. The zero-order valence-electron chi connectivity index (χ0n) is 13.5. The molecule has 1 fully saturated rings. The van der Waals surface area contributed by atoms with Crippen LogP contribution in [-0.2, 0) is 9.59 Å². The first kappa shape index (κ1) is 20.6. The van der Waals surface area contributed by atoms with Gasteiger partial charge in [0.2, 0.25) is 0 Å². The number of amides is 1. The number of carbonyl (C=O) groups is 2. The van der Waals surface area contributed by atoms with Crippen LogP contribution in [0.2, 0.25) is 0 Å². The molecule has 0 aromatic heterocycles. The van der Waals surface area contributed by atoms with Crippen molar-refractivity contribution >= 4 is 97.1 Å². The number of hydrogen-bond acceptors (Lipinski definition) is 5. The quantitative estimate of drug-likeness (QED) is 0.295. The van der Waals surface area contributed by atoms with Crippen LogP contribution in [0, 0.1) is 7.14 Å². The second kappa shape index (κ2) is 8.88. The highest BCUT2D eigenvalue weighted by atomic mass is 127. The van der Waals surface area contributed by atoms with Gasteiger partial charge in [-0.15, -0.1) is 0 Å². The number of halogens is 2. The van der Waals surface area contributed by atoms with E-state index in [1.807, 2.05) is 42.5 Å². The van der Waals surface area contributed by atoms with E-state index in [0.717, 1.165) is 18.4 Å². The van der Waals surface area contributed by atoms with Crippen molar-refractivity contribution < 1.29 is 19.4 Å². The van der Waals surface area contributed by atoms with Crippen LogP contribution in [0.5, 0.6) is 5.75 Å². The van der Waals surface area contributed by atoms with Gasteiger partial charge in [-0.2, -0.15) is 0 Å². The third-order valence-corrected chi connectivity index (χ3v) is 6.37. The maximum Gasteiger partial charge on any atom is 0.341 e. The zero-order valence-corrected chi connectivity index (χ0v) is 19.5. The van der Waals surface area contributed by atoms with Crippen molar-refractivity contribution in [2.45, 2.75) is 0 Å². The Hall–Kier alpha value is -1.18. The number of ether oxygens (including phenoxy) is 1. The Morgan fingerprint density at radius 2 is 1.85 bits per heavy atom. The van der Waals surface area contributed by atoms with Crippen molar-refractivity contribution in [2.75, 3.05) is 11.5 Å². The van der Waals surface area contributed by atoms with E-state index in [1.54, 1.807) is 6.08 Å². The summed E-state index contributed by atoms with van der Waals surface area (Å²) in [5.74, 6) is -0.671. The van der Waals surface area contributed by atoms with E-state index in [4.69, 9.17) is 22.1 Å². The van der Waals surface area contributed by atoms with Gasteiger partial charge in [-0.1, -0.05) is 42.2 Å². The number of thioether (sulfide) groups is 1. The van der Waals surface area contributed by atoms with E-state index in [1.165, 1.54) is 16.7 Å². The Balaban J connectivity index is 1.88. The summed E-state index contributed by atoms with van der Waals surface area (Å²) < 4.78 is 7.36. The predicted octanol–water partition coefficient (Wildman–Crippen LogP) is 4.77. The van der Waals surface area contributed by atoms with Crippen LogP contribution in [0.25, 0.3) is 6.08 Å². The second-order valence-corrected chi connectivity index (χ2v) is 9.35. The van der Waals surface area contributed by atoms with Crippen molar-refractivity contribution in [1.82, 2.24) is 0 Å². The summed E-state index contributed by atoms with van der Waals surface area (Å²) in [6, 6.07) is 13.0. The van der Waals surface area contributed by atoms with E-state index in [0.29, 0.717) is 15.0 Å². The first-order valence-corrected chi connectivity index (χ1v) is 10.9. The standard InChI is InChI=1S/C18H11I2NO4S2/c19-12-6-10(7-13(20)16(12)25-9-15(22)23)8-14-17(24)21(18(26)27-14)11-4-2-1-3-5-11/h1-8H,9H2,(H,22,23)/b14-8+. The first-order chi connectivity index (χ1) is 12.9. The fourth-order valence-electron chi connectivity index (χ4n) is 2.35. The molecular weight excluding hydrogens is 612 g/mol. The van der Waals surface area contributed by atoms with Gasteiger partial charge in [-0.05, 0) is 81.1 Å². The smallest absolute Gasteiger partial charge is 0.341 e. The van der Waals surface area contributed by atoms with Gasteiger partial charge in [-0.25, -0.2) is 4.79 Å².